The summed E-state index contributed by atoms with van der Waals surface area (Å²) in [7, 11) is -1.95. The molecule has 1 aliphatic carbocycles. The molecular formula is C15H16BrNO3S2. The third kappa shape index (κ3) is 3.22. The number of methoxy groups -OCH3 is 1. The molecule has 0 bridgehead atoms. The van der Waals surface area contributed by atoms with Gasteiger partial charge >= 0.3 is 0 Å². The van der Waals surface area contributed by atoms with E-state index in [0.717, 1.165) is 18.4 Å². The average molecular weight is 402 g/mol. The lowest BCUT2D eigenvalue weighted by Gasteiger charge is -2.22. The van der Waals surface area contributed by atoms with Crippen LogP contribution in [0.25, 0.3) is 0 Å². The summed E-state index contributed by atoms with van der Waals surface area (Å²) in [5.41, 5.74) is 1.04. The molecule has 118 valence electrons. The maximum Gasteiger partial charge on any atom is 0.243 e. The van der Waals surface area contributed by atoms with Crippen LogP contribution in [0.15, 0.2) is 44.4 Å². The lowest BCUT2D eigenvalue weighted by atomic mass is 10.3. The second-order valence-electron chi connectivity index (χ2n) is 5.21. The monoisotopic (exact) mass is 401 g/mol. The first-order valence-electron chi connectivity index (χ1n) is 6.89. The van der Waals surface area contributed by atoms with Crippen LogP contribution in [0.4, 0.5) is 0 Å². The van der Waals surface area contributed by atoms with Crippen molar-refractivity contribution < 1.29 is 13.2 Å². The smallest absolute Gasteiger partial charge is 0.243 e. The minimum absolute atomic E-state index is 0.116. The molecule has 2 aromatic rings. The van der Waals surface area contributed by atoms with Gasteiger partial charge in [0.15, 0.2) is 0 Å². The van der Waals surface area contributed by atoms with Crippen molar-refractivity contribution in [1.29, 1.82) is 0 Å². The van der Waals surface area contributed by atoms with Crippen LogP contribution in [0.3, 0.4) is 0 Å². The van der Waals surface area contributed by atoms with Crippen LogP contribution in [-0.4, -0.2) is 25.9 Å². The van der Waals surface area contributed by atoms with Gasteiger partial charge in [-0.05, 0) is 69.4 Å². The molecule has 0 aliphatic heterocycles. The number of rotatable bonds is 6. The molecule has 0 saturated heterocycles. The number of hydrogen-bond acceptors (Lipinski definition) is 4. The molecule has 0 atom stereocenters. The zero-order valence-electron chi connectivity index (χ0n) is 12.0. The Morgan fingerprint density at radius 2 is 2.14 bits per heavy atom. The van der Waals surface area contributed by atoms with Crippen LogP contribution in [0.5, 0.6) is 5.75 Å². The molecule has 1 aromatic carbocycles. The van der Waals surface area contributed by atoms with E-state index in [1.807, 2.05) is 16.8 Å². The summed E-state index contributed by atoms with van der Waals surface area (Å²) >= 11 is 4.94. The van der Waals surface area contributed by atoms with Crippen LogP contribution in [0.1, 0.15) is 18.4 Å². The summed E-state index contributed by atoms with van der Waals surface area (Å²) in [6.07, 6.45) is 1.86. The van der Waals surface area contributed by atoms with E-state index in [2.05, 4.69) is 15.9 Å². The Kier molecular flexibility index (Phi) is 4.59. The average Bonchev–Trinajstić information content (AvgIpc) is 3.20. The van der Waals surface area contributed by atoms with E-state index in [4.69, 9.17) is 4.74 Å². The van der Waals surface area contributed by atoms with Crippen molar-refractivity contribution in [3.05, 3.63) is 45.1 Å². The van der Waals surface area contributed by atoms with Crippen molar-refractivity contribution in [3.8, 4) is 5.75 Å². The van der Waals surface area contributed by atoms with Crippen LogP contribution in [0, 0.1) is 0 Å². The van der Waals surface area contributed by atoms with Gasteiger partial charge in [0.25, 0.3) is 0 Å². The number of sulfonamides is 1. The van der Waals surface area contributed by atoms with Crippen LogP contribution < -0.4 is 4.74 Å². The quantitative estimate of drug-likeness (QED) is 0.737. The van der Waals surface area contributed by atoms with Crippen molar-refractivity contribution in [1.82, 2.24) is 4.31 Å². The molecule has 22 heavy (non-hydrogen) atoms. The van der Waals surface area contributed by atoms with Gasteiger partial charge in [-0.2, -0.15) is 15.6 Å². The van der Waals surface area contributed by atoms with Crippen molar-refractivity contribution in [2.24, 2.45) is 0 Å². The Morgan fingerprint density at radius 3 is 2.68 bits per heavy atom. The lowest BCUT2D eigenvalue weighted by Crippen LogP contribution is -2.32. The third-order valence-corrected chi connectivity index (χ3v) is 6.85. The second kappa shape index (κ2) is 6.31. The molecule has 0 spiro atoms. The summed E-state index contributed by atoms with van der Waals surface area (Å²) in [4.78, 5) is 0.294. The first-order chi connectivity index (χ1) is 10.5. The van der Waals surface area contributed by atoms with Gasteiger partial charge in [0, 0.05) is 12.6 Å². The number of ether oxygens (including phenoxy) is 1. The number of halogens is 1. The van der Waals surface area contributed by atoms with E-state index in [1.165, 1.54) is 0 Å². The zero-order chi connectivity index (χ0) is 15.7. The molecule has 4 nitrogen and oxygen atoms in total. The Morgan fingerprint density at radius 1 is 1.36 bits per heavy atom. The van der Waals surface area contributed by atoms with Crippen LogP contribution in [-0.2, 0) is 16.6 Å². The Hall–Kier alpha value is -0.890. The topological polar surface area (TPSA) is 46.6 Å². The van der Waals surface area contributed by atoms with Crippen LogP contribution >= 0.6 is 27.3 Å². The molecule has 0 N–H and O–H groups in total. The molecular weight excluding hydrogens is 386 g/mol. The Labute approximate surface area is 142 Å². The van der Waals surface area contributed by atoms with Gasteiger partial charge in [-0.3, -0.25) is 0 Å². The van der Waals surface area contributed by atoms with Gasteiger partial charge in [-0.15, -0.1) is 0 Å². The highest BCUT2D eigenvalue weighted by Gasteiger charge is 2.38. The number of benzene rings is 1. The zero-order valence-corrected chi connectivity index (χ0v) is 15.2. The molecule has 1 aromatic heterocycles. The van der Waals surface area contributed by atoms with Crippen molar-refractivity contribution in [2.45, 2.75) is 30.3 Å². The number of thiophene rings is 1. The molecule has 0 amide bonds. The second-order valence-corrected chi connectivity index (χ2v) is 8.73. The SMILES string of the molecule is COc1ccc(S(=O)(=O)N(Cc2ccsc2)C2CC2)cc1Br. The van der Waals surface area contributed by atoms with E-state index >= 15 is 0 Å². The van der Waals surface area contributed by atoms with Gasteiger partial charge in [0.05, 0.1) is 16.5 Å². The molecule has 0 radical (unpaired) electrons. The highest BCUT2D eigenvalue weighted by Crippen LogP contribution is 2.35. The summed E-state index contributed by atoms with van der Waals surface area (Å²) in [6, 6.07) is 6.97. The van der Waals surface area contributed by atoms with Gasteiger partial charge in [-0.1, -0.05) is 0 Å². The van der Waals surface area contributed by atoms with E-state index < -0.39 is 10.0 Å². The molecule has 1 heterocycles. The predicted molar refractivity (Wildman–Crippen MR) is 90.8 cm³/mol. The van der Waals surface area contributed by atoms with E-state index in [0.29, 0.717) is 21.7 Å². The Bertz CT molecular complexity index is 755. The van der Waals surface area contributed by atoms with Crippen molar-refractivity contribution in [2.75, 3.05) is 7.11 Å². The fourth-order valence-corrected chi connectivity index (χ4v) is 5.33. The van der Waals surface area contributed by atoms with Gasteiger partial charge in [0.1, 0.15) is 5.75 Å². The first kappa shape index (κ1) is 16.0. The maximum atomic E-state index is 13.0. The van der Waals surface area contributed by atoms with E-state index in [-0.39, 0.29) is 6.04 Å². The standard InChI is InChI=1S/C15H16BrNO3S2/c1-20-15-5-4-13(8-14(15)16)22(18,19)17(12-2-3-12)9-11-6-7-21-10-11/h4-8,10,12H,2-3,9H2,1H3. The molecule has 1 fully saturated rings. The molecule has 3 rings (SSSR count). The minimum atomic E-state index is -3.51. The normalized spacial score (nSPS) is 15.2. The Balaban J connectivity index is 1.93. The van der Waals surface area contributed by atoms with E-state index in [9.17, 15) is 8.42 Å². The molecule has 1 saturated carbocycles. The summed E-state index contributed by atoms with van der Waals surface area (Å²) in [5.74, 6) is 0.620. The number of hydrogen-bond donors (Lipinski definition) is 0. The summed E-state index contributed by atoms with van der Waals surface area (Å²) < 4.78 is 33.3. The molecule has 7 heteroatoms. The lowest BCUT2D eigenvalue weighted by molar-refractivity contribution is 0.398. The summed E-state index contributed by atoms with van der Waals surface area (Å²) in [5, 5.41) is 3.96. The molecule has 0 unspecified atom stereocenters. The fourth-order valence-electron chi connectivity index (χ4n) is 2.28. The molecule has 1 aliphatic rings. The van der Waals surface area contributed by atoms with Crippen molar-refractivity contribution >= 4 is 37.3 Å². The largest absolute Gasteiger partial charge is 0.496 e. The first-order valence-corrected chi connectivity index (χ1v) is 10.1. The van der Waals surface area contributed by atoms with Gasteiger partial charge in [0.2, 0.25) is 10.0 Å². The minimum Gasteiger partial charge on any atom is -0.496 e. The van der Waals surface area contributed by atoms with Crippen LogP contribution in [0.2, 0.25) is 0 Å². The fraction of sp³-hybridized carbons (Fsp3) is 0.333. The van der Waals surface area contributed by atoms with Gasteiger partial charge in [-0.25, -0.2) is 8.42 Å². The van der Waals surface area contributed by atoms with Crippen molar-refractivity contribution in [3.63, 3.8) is 0 Å². The maximum absolute atomic E-state index is 13.0. The van der Waals surface area contributed by atoms with Gasteiger partial charge < -0.3 is 4.74 Å². The predicted octanol–water partition coefficient (Wildman–Crippen LogP) is 3.87. The summed E-state index contributed by atoms with van der Waals surface area (Å²) in [6.45, 7) is 0.431. The number of nitrogens with zero attached hydrogens (tertiary/aromatic N) is 1. The van der Waals surface area contributed by atoms with E-state index in [1.54, 1.807) is 41.0 Å². The highest BCUT2D eigenvalue weighted by molar-refractivity contribution is 9.10. The third-order valence-electron chi connectivity index (χ3n) is 3.60. The highest BCUT2D eigenvalue weighted by atomic mass is 79.9.